The first-order valence-electron chi connectivity index (χ1n) is 6.38. The topological polar surface area (TPSA) is 66.4 Å². The molecule has 0 amide bonds. The first-order valence-corrected chi connectivity index (χ1v) is 9.12. The van der Waals surface area contributed by atoms with Crippen molar-refractivity contribution in [3.05, 3.63) is 51.2 Å². The summed E-state index contributed by atoms with van der Waals surface area (Å²) >= 11 is 7.39. The molecule has 21 heavy (non-hydrogen) atoms. The number of nitrogens with one attached hydrogen (secondary N) is 1. The normalized spacial score (nSPS) is 13.3. The van der Waals surface area contributed by atoms with Crippen LogP contribution in [0.3, 0.4) is 0 Å². The number of halogens is 1. The number of aliphatic hydroxyl groups excluding tert-OH is 1. The van der Waals surface area contributed by atoms with Gasteiger partial charge in [0, 0.05) is 16.4 Å². The number of sulfonamides is 1. The highest BCUT2D eigenvalue weighted by atomic mass is 35.5. The Balaban J connectivity index is 2.00. The second-order valence-electron chi connectivity index (χ2n) is 4.58. The van der Waals surface area contributed by atoms with Crippen LogP contribution in [0.1, 0.15) is 23.0 Å². The molecule has 1 atom stereocenters. The predicted octanol–water partition coefficient (Wildman–Crippen LogP) is 3.11. The van der Waals surface area contributed by atoms with E-state index >= 15 is 0 Å². The highest BCUT2D eigenvalue weighted by Crippen LogP contribution is 2.24. The lowest BCUT2D eigenvalue weighted by Crippen LogP contribution is -2.26. The first-order chi connectivity index (χ1) is 9.92. The van der Waals surface area contributed by atoms with Crippen molar-refractivity contribution in [2.45, 2.75) is 24.3 Å². The van der Waals surface area contributed by atoms with E-state index in [0.29, 0.717) is 17.0 Å². The zero-order valence-electron chi connectivity index (χ0n) is 11.4. The summed E-state index contributed by atoms with van der Waals surface area (Å²) in [7, 11) is -3.62. The molecule has 4 nitrogen and oxygen atoms in total. The van der Waals surface area contributed by atoms with Gasteiger partial charge in [-0.2, -0.15) is 0 Å². The number of rotatable bonds is 6. The van der Waals surface area contributed by atoms with Gasteiger partial charge >= 0.3 is 0 Å². The maximum Gasteiger partial charge on any atom is 0.240 e. The van der Waals surface area contributed by atoms with Gasteiger partial charge in [0.15, 0.2) is 0 Å². The lowest BCUT2D eigenvalue weighted by molar-refractivity contribution is 0.173. The molecule has 1 unspecified atom stereocenters. The van der Waals surface area contributed by atoms with Crippen molar-refractivity contribution in [3.63, 3.8) is 0 Å². The molecule has 114 valence electrons. The lowest BCUT2D eigenvalue weighted by atomic mass is 10.2. The Kier molecular flexibility index (Phi) is 5.40. The van der Waals surface area contributed by atoms with Gasteiger partial charge in [-0.05, 0) is 42.5 Å². The summed E-state index contributed by atoms with van der Waals surface area (Å²) in [6, 6.07) is 8.44. The molecule has 0 fully saturated rings. The van der Waals surface area contributed by atoms with Gasteiger partial charge in [0.1, 0.15) is 0 Å². The zero-order valence-corrected chi connectivity index (χ0v) is 13.8. The van der Waals surface area contributed by atoms with Crippen LogP contribution in [-0.2, 0) is 10.0 Å². The van der Waals surface area contributed by atoms with Gasteiger partial charge in [-0.3, -0.25) is 0 Å². The van der Waals surface area contributed by atoms with Crippen molar-refractivity contribution >= 4 is 33.0 Å². The maximum absolute atomic E-state index is 12.2. The van der Waals surface area contributed by atoms with E-state index in [2.05, 4.69) is 4.72 Å². The highest BCUT2D eigenvalue weighted by Gasteiger charge is 2.18. The van der Waals surface area contributed by atoms with Crippen molar-refractivity contribution in [1.82, 2.24) is 4.72 Å². The van der Waals surface area contributed by atoms with E-state index in [9.17, 15) is 13.5 Å². The number of thiophene rings is 1. The molecule has 1 heterocycles. The maximum atomic E-state index is 12.2. The van der Waals surface area contributed by atoms with Crippen LogP contribution >= 0.6 is 22.9 Å². The SMILES string of the molecule is Cc1c(Cl)cccc1S(=O)(=O)NCCC(O)c1cccs1. The van der Waals surface area contributed by atoms with E-state index in [-0.39, 0.29) is 11.4 Å². The summed E-state index contributed by atoms with van der Waals surface area (Å²) in [4.78, 5) is 0.994. The molecule has 0 saturated heterocycles. The molecule has 0 spiro atoms. The zero-order chi connectivity index (χ0) is 15.5. The minimum Gasteiger partial charge on any atom is -0.388 e. The van der Waals surface area contributed by atoms with E-state index < -0.39 is 16.1 Å². The van der Waals surface area contributed by atoms with Gasteiger partial charge in [-0.1, -0.05) is 23.7 Å². The fourth-order valence-electron chi connectivity index (χ4n) is 1.91. The molecular formula is C14H16ClNO3S2. The third-order valence-corrected chi connectivity index (χ3v) is 6.08. The molecule has 1 aromatic heterocycles. The number of aliphatic hydroxyl groups is 1. The second-order valence-corrected chi connectivity index (χ2v) is 7.70. The van der Waals surface area contributed by atoms with Crippen molar-refractivity contribution < 1.29 is 13.5 Å². The summed E-state index contributed by atoms with van der Waals surface area (Å²) in [6.07, 6.45) is -0.340. The highest BCUT2D eigenvalue weighted by molar-refractivity contribution is 7.89. The molecule has 2 rings (SSSR count). The molecule has 0 saturated carbocycles. The molecule has 0 radical (unpaired) electrons. The van der Waals surface area contributed by atoms with Crippen molar-refractivity contribution in [2.75, 3.05) is 6.54 Å². The standard InChI is InChI=1S/C14H16ClNO3S2/c1-10-11(15)4-2-6-14(10)21(18,19)16-8-7-12(17)13-5-3-9-20-13/h2-6,9,12,16-17H,7-8H2,1H3. The van der Waals surface area contributed by atoms with Gasteiger partial charge in [-0.15, -0.1) is 11.3 Å². The quantitative estimate of drug-likeness (QED) is 0.845. The van der Waals surface area contributed by atoms with Crippen LogP contribution < -0.4 is 4.72 Å². The Bertz CT molecular complexity index is 699. The molecule has 1 aromatic carbocycles. The Morgan fingerprint density at radius 2 is 2.10 bits per heavy atom. The van der Waals surface area contributed by atoms with E-state index in [4.69, 9.17) is 11.6 Å². The summed E-state index contributed by atoms with van der Waals surface area (Å²) in [5, 5.41) is 12.2. The molecular weight excluding hydrogens is 330 g/mol. The minimum atomic E-state index is -3.62. The monoisotopic (exact) mass is 345 g/mol. The number of hydrogen-bond donors (Lipinski definition) is 2. The van der Waals surface area contributed by atoms with E-state index in [0.717, 1.165) is 4.88 Å². The minimum absolute atomic E-state index is 0.160. The van der Waals surface area contributed by atoms with Crippen LogP contribution in [0, 0.1) is 6.92 Å². The molecule has 0 aliphatic heterocycles. The molecule has 0 aliphatic carbocycles. The van der Waals surface area contributed by atoms with Crippen LogP contribution in [0.2, 0.25) is 5.02 Å². The molecule has 2 aromatic rings. The van der Waals surface area contributed by atoms with Crippen LogP contribution in [-0.4, -0.2) is 20.1 Å². The Labute approximate surface area is 133 Å². The van der Waals surface area contributed by atoms with E-state index in [1.165, 1.54) is 17.4 Å². The molecule has 2 N–H and O–H groups in total. The van der Waals surface area contributed by atoms with Crippen LogP contribution in [0.4, 0.5) is 0 Å². The van der Waals surface area contributed by atoms with Gasteiger partial charge in [0.25, 0.3) is 0 Å². The van der Waals surface area contributed by atoms with E-state index in [1.54, 1.807) is 19.1 Å². The third kappa shape index (κ3) is 4.05. The molecule has 0 aliphatic rings. The number of hydrogen-bond acceptors (Lipinski definition) is 4. The summed E-state index contributed by atoms with van der Waals surface area (Å²) < 4.78 is 26.9. The van der Waals surface area contributed by atoms with Crippen LogP contribution in [0.25, 0.3) is 0 Å². The summed E-state index contributed by atoms with van der Waals surface area (Å²) in [6.45, 7) is 1.82. The van der Waals surface area contributed by atoms with Gasteiger partial charge in [0.05, 0.1) is 11.0 Å². The van der Waals surface area contributed by atoms with Gasteiger partial charge < -0.3 is 5.11 Å². The van der Waals surface area contributed by atoms with Crippen molar-refractivity contribution in [2.24, 2.45) is 0 Å². The Morgan fingerprint density at radius 3 is 2.76 bits per heavy atom. The Hall–Kier alpha value is -0.920. The van der Waals surface area contributed by atoms with Crippen molar-refractivity contribution in [3.8, 4) is 0 Å². The first kappa shape index (κ1) is 16.5. The predicted molar refractivity (Wildman–Crippen MR) is 85.3 cm³/mol. The lowest BCUT2D eigenvalue weighted by Gasteiger charge is -2.12. The third-order valence-electron chi connectivity index (χ3n) is 3.09. The number of benzene rings is 1. The largest absolute Gasteiger partial charge is 0.388 e. The Morgan fingerprint density at radius 1 is 1.33 bits per heavy atom. The van der Waals surface area contributed by atoms with Gasteiger partial charge in [-0.25, -0.2) is 13.1 Å². The fraction of sp³-hybridized carbons (Fsp3) is 0.286. The fourth-order valence-corrected chi connectivity index (χ4v) is 4.20. The van der Waals surface area contributed by atoms with Crippen molar-refractivity contribution in [1.29, 1.82) is 0 Å². The average molecular weight is 346 g/mol. The summed E-state index contributed by atoms with van der Waals surface area (Å²) in [5.74, 6) is 0. The average Bonchev–Trinajstić information content (AvgIpc) is 2.95. The smallest absolute Gasteiger partial charge is 0.240 e. The molecule has 7 heteroatoms. The second kappa shape index (κ2) is 6.89. The van der Waals surface area contributed by atoms with Gasteiger partial charge in [0.2, 0.25) is 10.0 Å². The van der Waals surface area contributed by atoms with Crippen LogP contribution in [0.15, 0.2) is 40.6 Å². The van der Waals surface area contributed by atoms with E-state index in [1.807, 2.05) is 17.5 Å². The molecule has 0 bridgehead atoms. The van der Waals surface area contributed by atoms with Crippen LogP contribution in [0.5, 0.6) is 0 Å². The summed E-state index contributed by atoms with van der Waals surface area (Å²) in [5.41, 5.74) is 0.519.